The molecule has 0 aliphatic heterocycles. The maximum absolute atomic E-state index is 12.1. The second kappa shape index (κ2) is 5.29. The molecule has 92 valence electrons. The van der Waals surface area contributed by atoms with Crippen LogP contribution in [0.2, 0.25) is 0 Å². The number of terminal acetylenes is 1. The molecule has 0 heterocycles. The van der Waals surface area contributed by atoms with E-state index in [9.17, 15) is 4.57 Å². The molecule has 0 saturated heterocycles. The fourth-order valence-electron chi connectivity index (χ4n) is 1.81. The second-order valence-corrected chi connectivity index (χ2v) is 7.38. The Labute approximate surface area is 103 Å². The minimum Gasteiger partial charge on any atom is -0.494 e. The Bertz CT molecular complexity index is 497. The summed E-state index contributed by atoms with van der Waals surface area (Å²) in [6, 6.07) is 3.73. The summed E-state index contributed by atoms with van der Waals surface area (Å²) < 4.78 is 17.5. The summed E-state index contributed by atoms with van der Waals surface area (Å²) in [5, 5.41) is 3.93. The summed E-state index contributed by atoms with van der Waals surface area (Å²) in [4.78, 5) is 0. The van der Waals surface area contributed by atoms with Crippen molar-refractivity contribution in [3.63, 3.8) is 0 Å². The van der Waals surface area contributed by atoms with Gasteiger partial charge in [-0.15, -0.1) is 6.42 Å². The third-order valence-electron chi connectivity index (χ3n) is 2.54. The van der Waals surface area contributed by atoms with E-state index >= 15 is 0 Å². The molecule has 1 N–H and O–H groups in total. The fourth-order valence-corrected chi connectivity index (χ4v) is 3.16. The molecule has 1 rings (SSSR count). The van der Waals surface area contributed by atoms with Crippen molar-refractivity contribution in [2.45, 2.75) is 6.92 Å². The van der Waals surface area contributed by atoms with E-state index in [0.717, 1.165) is 16.6 Å². The zero-order valence-electron chi connectivity index (χ0n) is 10.7. The first-order valence-corrected chi connectivity index (χ1v) is 7.92. The minimum atomic E-state index is -2.29. The number of anilines is 1. The Morgan fingerprint density at radius 2 is 2.12 bits per heavy atom. The van der Waals surface area contributed by atoms with E-state index in [2.05, 4.69) is 11.2 Å². The summed E-state index contributed by atoms with van der Waals surface area (Å²) in [7, 11) is -0.689. The van der Waals surface area contributed by atoms with Gasteiger partial charge in [-0.2, -0.15) is 0 Å². The smallest absolute Gasteiger partial charge is 0.145 e. The molecule has 1 aromatic rings. The molecule has 4 heteroatoms. The monoisotopic (exact) mass is 251 g/mol. The van der Waals surface area contributed by atoms with E-state index in [0.29, 0.717) is 12.3 Å². The number of hydrogen-bond donors (Lipinski definition) is 1. The first-order chi connectivity index (χ1) is 7.91. The van der Waals surface area contributed by atoms with Crippen molar-refractivity contribution in [3.8, 4) is 18.1 Å². The average molecular weight is 251 g/mol. The van der Waals surface area contributed by atoms with Crippen LogP contribution in [-0.2, 0) is 4.57 Å². The lowest BCUT2D eigenvalue weighted by molar-refractivity contribution is 0.414. The van der Waals surface area contributed by atoms with Gasteiger partial charge in [0, 0.05) is 10.9 Å². The summed E-state index contributed by atoms with van der Waals surface area (Å²) in [6.45, 7) is 5.85. The van der Waals surface area contributed by atoms with Crippen molar-refractivity contribution >= 4 is 18.1 Å². The number of nitrogens with one attached hydrogen (secondary N) is 1. The topological polar surface area (TPSA) is 38.3 Å². The molecule has 3 nitrogen and oxygen atoms in total. The van der Waals surface area contributed by atoms with Gasteiger partial charge >= 0.3 is 0 Å². The van der Waals surface area contributed by atoms with Crippen molar-refractivity contribution in [1.82, 2.24) is 0 Å². The van der Waals surface area contributed by atoms with Crippen LogP contribution in [-0.4, -0.2) is 27.0 Å². The van der Waals surface area contributed by atoms with Gasteiger partial charge in [-0.1, -0.05) is 5.92 Å². The summed E-state index contributed by atoms with van der Waals surface area (Å²) in [6.07, 6.45) is 5.21. The van der Waals surface area contributed by atoms with Crippen molar-refractivity contribution in [2.75, 3.05) is 32.3 Å². The Morgan fingerprint density at radius 1 is 1.47 bits per heavy atom. The van der Waals surface area contributed by atoms with Gasteiger partial charge in [-0.3, -0.25) is 0 Å². The zero-order chi connectivity index (χ0) is 13.1. The quantitative estimate of drug-likeness (QED) is 0.659. The lowest BCUT2D eigenvalue weighted by atomic mass is 10.2. The molecule has 17 heavy (non-hydrogen) atoms. The van der Waals surface area contributed by atoms with Gasteiger partial charge in [0.25, 0.3) is 0 Å². The molecule has 0 aromatic heterocycles. The van der Waals surface area contributed by atoms with E-state index < -0.39 is 7.14 Å². The molecule has 0 spiro atoms. The summed E-state index contributed by atoms with van der Waals surface area (Å²) in [5.74, 6) is 3.22. The normalized spacial score (nSPS) is 10.8. The van der Waals surface area contributed by atoms with Crippen molar-refractivity contribution in [3.05, 3.63) is 17.7 Å². The van der Waals surface area contributed by atoms with Crippen LogP contribution in [0, 0.1) is 19.3 Å². The van der Waals surface area contributed by atoms with Crippen LogP contribution in [0.1, 0.15) is 5.56 Å². The standard InChI is InChI=1S/C13H18NO2P/c1-6-9-14-11-7-8-12(17(4,5)15)10(2)13(11)16-3/h1,7-8,14H,9H2,2-5H3. The number of ether oxygens (including phenoxy) is 1. The first kappa shape index (κ1) is 13.7. The van der Waals surface area contributed by atoms with E-state index in [1.165, 1.54) is 0 Å². The van der Waals surface area contributed by atoms with Crippen molar-refractivity contribution < 1.29 is 9.30 Å². The molecule has 0 saturated carbocycles. The Kier molecular flexibility index (Phi) is 4.26. The molecule has 0 atom stereocenters. The molecule has 1 aromatic carbocycles. The largest absolute Gasteiger partial charge is 0.494 e. The second-order valence-electron chi connectivity index (χ2n) is 4.20. The Balaban J connectivity index is 3.28. The molecular formula is C13H18NO2P. The molecule has 0 amide bonds. The maximum atomic E-state index is 12.1. The lowest BCUT2D eigenvalue weighted by Gasteiger charge is -2.17. The predicted octanol–water partition coefficient (Wildman–Crippen LogP) is 2.30. The van der Waals surface area contributed by atoms with Crippen molar-refractivity contribution in [1.29, 1.82) is 0 Å². The fraction of sp³-hybridized carbons (Fsp3) is 0.385. The van der Waals surface area contributed by atoms with Crippen LogP contribution in [0.4, 0.5) is 5.69 Å². The predicted molar refractivity (Wildman–Crippen MR) is 74.1 cm³/mol. The van der Waals surface area contributed by atoms with Crippen LogP contribution < -0.4 is 15.4 Å². The third kappa shape index (κ3) is 3.05. The highest BCUT2D eigenvalue weighted by molar-refractivity contribution is 7.70. The van der Waals surface area contributed by atoms with Crippen LogP contribution in [0.3, 0.4) is 0 Å². The van der Waals surface area contributed by atoms with Gasteiger partial charge in [0.15, 0.2) is 0 Å². The molecule has 0 unspecified atom stereocenters. The van der Waals surface area contributed by atoms with Gasteiger partial charge in [-0.05, 0) is 32.4 Å². The number of benzene rings is 1. The van der Waals surface area contributed by atoms with E-state index in [1.807, 2.05) is 19.1 Å². The van der Waals surface area contributed by atoms with Crippen LogP contribution in [0.25, 0.3) is 0 Å². The van der Waals surface area contributed by atoms with E-state index in [4.69, 9.17) is 11.2 Å². The van der Waals surface area contributed by atoms with Crippen molar-refractivity contribution in [2.24, 2.45) is 0 Å². The van der Waals surface area contributed by atoms with Gasteiger partial charge in [-0.25, -0.2) is 0 Å². The van der Waals surface area contributed by atoms with Gasteiger partial charge in [0.05, 0.1) is 19.3 Å². The third-order valence-corrected chi connectivity index (χ3v) is 4.19. The van der Waals surface area contributed by atoms with Crippen LogP contribution >= 0.6 is 7.14 Å². The SMILES string of the molecule is C#CCNc1ccc(P(C)(C)=O)c(C)c1OC. The van der Waals surface area contributed by atoms with E-state index in [-0.39, 0.29) is 0 Å². The average Bonchev–Trinajstić information content (AvgIpc) is 2.24. The van der Waals surface area contributed by atoms with Crippen LogP contribution in [0.5, 0.6) is 5.75 Å². The number of hydrogen-bond acceptors (Lipinski definition) is 3. The van der Waals surface area contributed by atoms with Crippen LogP contribution in [0.15, 0.2) is 12.1 Å². The molecule has 0 radical (unpaired) electrons. The Hall–Kier alpha value is -1.39. The van der Waals surface area contributed by atoms with Gasteiger partial charge in [0.2, 0.25) is 0 Å². The van der Waals surface area contributed by atoms with Gasteiger partial charge < -0.3 is 14.6 Å². The van der Waals surface area contributed by atoms with Gasteiger partial charge in [0.1, 0.15) is 12.9 Å². The zero-order valence-corrected chi connectivity index (χ0v) is 11.6. The molecule has 0 aliphatic rings. The number of methoxy groups -OCH3 is 1. The minimum absolute atomic E-state index is 0.436. The molecular weight excluding hydrogens is 233 g/mol. The maximum Gasteiger partial charge on any atom is 0.145 e. The Morgan fingerprint density at radius 3 is 2.59 bits per heavy atom. The molecule has 0 fully saturated rings. The highest BCUT2D eigenvalue weighted by Gasteiger charge is 2.18. The molecule has 0 bridgehead atoms. The molecule has 0 aliphatic carbocycles. The van der Waals surface area contributed by atoms with E-state index in [1.54, 1.807) is 20.4 Å². The summed E-state index contributed by atoms with van der Waals surface area (Å²) in [5.41, 5.74) is 1.74. The highest BCUT2D eigenvalue weighted by Crippen LogP contribution is 2.40. The highest BCUT2D eigenvalue weighted by atomic mass is 31.2. The first-order valence-electron chi connectivity index (χ1n) is 5.32. The summed E-state index contributed by atoms with van der Waals surface area (Å²) >= 11 is 0. The lowest BCUT2D eigenvalue weighted by Crippen LogP contribution is -2.11. The number of rotatable bonds is 4.